The first kappa shape index (κ1) is 11.9. The van der Waals surface area contributed by atoms with E-state index < -0.39 is 0 Å². The zero-order valence-corrected chi connectivity index (χ0v) is 10.7. The van der Waals surface area contributed by atoms with E-state index in [2.05, 4.69) is 10.1 Å². The second kappa shape index (κ2) is 4.75. The molecule has 0 spiro atoms. The number of benzene rings is 1. The lowest BCUT2D eigenvalue weighted by atomic mass is 10.2. The Morgan fingerprint density at radius 1 is 1.35 bits per heavy atom. The molecular formula is C12H13ClN2O2. The molecule has 0 atom stereocenters. The first-order chi connectivity index (χ1) is 8.11. The minimum atomic E-state index is 0.220. The van der Waals surface area contributed by atoms with Crippen LogP contribution in [-0.4, -0.2) is 17.3 Å². The van der Waals surface area contributed by atoms with Crippen molar-refractivity contribution in [3.63, 3.8) is 0 Å². The van der Waals surface area contributed by atoms with Crippen LogP contribution in [0.5, 0.6) is 5.75 Å². The molecule has 0 radical (unpaired) electrons. The van der Waals surface area contributed by atoms with Gasteiger partial charge in [-0.1, -0.05) is 30.6 Å². The van der Waals surface area contributed by atoms with Crippen molar-refractivity contribution >= 4 is 11.6 Å². The molecule has 2 aromatic rings. The highest BCUT2D eigenvalue weighted by atomic mass is 35.5. The van der Waals surface area contributed by atoms with Crippen LogP contribution in [0.1, 0.15) is 25.6 Å². The fourth-order valence-corrected chi connectivity index (χ4v) is 1.60. The summed E-state index contributed by atoms with van der Waals surface area (Å²) in [5, 5.41) is 4.51. The van der Waals surface area contributed by atoms with E-state index in [-0.39, 0.29) is 5.92 Å². The smallest absolute Gasteiger partial charge is 0.261 e. The molecule has 1 heterocycles. The SMILES string of the molecule is COc1ccc(Cl)cc1-c1nc(C(C)C)no1. The first-order valence-corrected chi connectivity index (χ1v) is 5.67. The van der Waals surface area contributed by atoms with Crippen LogP contribution in [-0.2, 0) is 0 Å². The second-order valence-corrected chi connectivity index (χ2v) is 4.39. The molecule has 0 saturated heterocycles. The molecule has 5 heteroatoms. The maximum Gasteiger partial charge on any atom is 0.261 e. The molecule has 1 aromatic heterocycles. The number of halogens is 1. The zero-order chi connectivity index (χ0) is 12.4. The molecule has 0 unspecified atom stereocenters. The van der Waals surface area contributed by atoms with E-state index in [0.29, 0.717) is 28.1 Å². The van der Waals surface area contributed by atoms with Crippen molar-refractivity contribution in [2.24, 2.45) is 0 Å². The maximum atomic E-state index is 5.95. The Balaban J connectivity index is 2.47. The lowest BCUT2D eigenvalue weighted by molar-refractivity contribution is 0.401. The fraction of sp³-hybridized carbons (Fsp3) is 0.333. The molecule has 0 amide bonds. The van der Waals surface area contributed by atoms with E-state index >= 15 is 0 Å². The van der Waals surface area contributed by atoms with Gasteiger partial charge in [0.05, 0.1) is 12.7 Å². The predicted molar refractivity (Wildman–Crippen MR) is 65.4 cm³/mol. The highest BCUT2D eigenvalue weighted by Crippen LogP contribution is 2.31. The third-order valence-corrected chi connectivity index (χ3v) is 2.59. The molecule has 0 aliphatic rings. The van der Waals surface area contributed by atoms with Gasteiger partial charge < -0.3 is 9.26 Å². The first-order valence-electron chi connectivity index (χ1n) is 5.29. The van der Waals surface area contributed by atoms with Gasteiger partial charge in [0.2, 0.25) is 0 Å². The number of methoxy groups -OCH3 is 1. The molecular weight excluding hydrogens is 240 g/mol. The van der Waals surface area contributed by atoms with Gasteiger partial charge in [0.15, 0.2) is 5.82 Å². The Labute approximate surface area is 105 Å². The van der Waals surface area contributed by atoms with Gasteiger partial charge in [0, 0.05) is 10.9 Å². The number of hydrogen-bond donors (Lipinski definition) is 0. The van der Waals surface area contributed by atoms with E-state index in [1.165, 1.54) is 0 Å². The van der Waals surface area contributed by atoms with Crippen LogP contribution >= 0.6 is 11.6 Å². The minimum Gasteiger partial charge on any atom is -0.496 e. The van der Waals surface area contributed by atoms with Crippen LogP contribution in [0.2, 0.25) is 5.02 Å². The van der Waals surface area contributed by atoms with Crippen LogP contribution in [0.25, 0.3) is 11.5 Å². The van der Waals surface area contributed by atoms with Crippen LogP contribution in [0, 0.1) is 0 Å². The van der Waals surface area contributed by atoms with Gasteiger partial charge in [-0.25, -0.2) is 0 Å². The van der Waals surface area contributed by atoms with Crippen molar-refractivity contribution in [2.75, 3.05) is 7.11 Å². The number of ether oxygens (including phenoxy) is 1. The molecule has 0 aliphatic carbocycles. The van der Waals surface area contributed by atoms with Crippen LogP contribution in [0.4, 0.5) is 0 Å². The molecule has 0 fully saturated rings. The van der Waals surface area contributed by atoms with E-state index in [1.54, 1.807) is 25.3 Å². The molecule has 90 valence electrons. The monoisotopic (exact) mass is 252 g/mol. The van der Waals surface area contributed by atoms with Crippen molar-refractivity contribution in [1.29, 1.82) is 0 Å². The molecule has 2 rings (SSSR count). The largest absolute Gasteiger partial charge is 0.496 e. The van der Waals surface area contributed by atoms with Gasteiger partial charge in [-0.3, -0.25) is 0 Å². The zero-order valence-electron chi connectivity index (χ0n) is 9.90. The van der Waals surface area contributed by atoms with Crippen molar-refractivity contribution in [1.82, 2.24) is 10.1 Å². The van der Waals surface area contributed by atoms with Crippen molar-refractivity contribution < 1.29 is 9.26 Å². The molecule has 0 bridgehead atoms. The number of nitrogens with zero attached hydrogens (tertiary/aromatic N) is 2. The quantitative estimate of drug-likeness (QED) is 0.839. The Kier molecular flexibility index (Phi) is 3.33. The highest BCUT2D eigenvalue weighted by molar-refractivity contribution is 6.30. The predicted octanol–water partition coefficient (Wildman–Crippen LogP) is 3.52. The summed E-state index contributed by atoms with van der Waals surface area (Å²) in [5.41, 5.74) is 0.708. The number of hydrogen-bond acceptors (Lipinski definition) is 4. The molecule has 0 N–H and O–H groups in total. The Bertz CT molecular complexity index is 523. The van der Waals surface area contributed by atoms with Gasteiger partial charge in [0.25, 0.3) is 5.89 Å². The summed E-state index contributed by atoms with van der Waals surface area (Å²) < 4.78 is 10.4. The molecule has 1 aromatic carbocycles. The summed E-state index contributed by atoms with van der Waals surface area (Å²) in [4.78, 5) is 4.31. The lowest BCUT2D eigenvalue weighted by Gasteiger charge is -2.04. The third-order valence-electron chi connectivity index (χ3n) is 2.35. The van der Waals surface area contributed by atoms with Gasteiger partial charge in [-0.2, -0.15) is 4.98 Å². The van der Waals surface area contributed by atoms with E-state index in [4.69, 9.17) is 20.9 Å². The average molecular weight is 253 g/mol. The lowest BCUT2D eigenvalue weighted by Crippen LogP contribution is -1.91. The summed E-state index contributed by atoms with van der Waals surface area (Å²) in [5.74, 6) is 1.97. The van der Waals surface area contributed by atoms with Crippen molar-refractivity contribution in [2.45, 2.75) is 19.8 Å². The molecule has 0 aliphatic heterocycles. The minimum absolute atomic E-state index is 0.220. The molecule has 17 heavy (non-hydrogen) atoms. The van der Waals surface area contributed by atoms with Crippen molar-refractivity contribution in [3.8, 4) is 17.2 Å². The summed E-state index contributed by atoms with van der Waals surface area (Å²) in [7, 11) is 1.59. The van der Waals surface area contributed by atoms with Crippen molar-refractivity contribution in [3.05, 3.63) is 29.0 Å². The van der Waals surface area contributed by atoms with Gasteiger partial charge in [-0.15, -0.1) is 0 Å². The standard InChI is InChI=1S/C12H13ClN2O2/c1-7(2)11-14-12(17-15-11)9-6-8(13)4-5-10(9)16-3/h4-7H,1-3H3. The van der Waals surface area contributed by atoms with Gasteiger partial charge >= 0.3 is 0 Å². The van der Waals surface area contributed by atoms with E-state index in [0.717, 1.165) is 0 Å². The summed E-state index contributed by atoms with van der Waals surface area (Å²) in [6, 6.07) is 5.28. The summed E-state index contributed by atoms with van der Waals surface area (Å²) in [6.07, 6.45) is 0. The van der Waals surface area contributed by atoms with Gasteiger partial charge in [0.1, 0.15) is 5.75 Å². The van der Waals surface area contributed by atoms with E-state index in [1.807, 2.05) is 13.8 Å². The molecule has 4 nitrogen and oxygen atoms in total. The normalized spacial score (nSPS) is 10.9. The molecule has 0 saturated carbocycles. The number of aromatic nitrogens is 2. The fourth-order valence-electron chi connectivity index (χ4n) is 1.43. The Morgan fingerprint density at radius 2 is 2.12 bits per heavy atom. The summed E-state index contributed by atoms with van der Waals surface area (Å²) >= 11 is 5.95. The maximum absolute atomic E-state index is 5.95. The van der Waals surface area contributed by atoms with Gasteiger partial charge in [-0.05, 0) is 18.2 Å². The van der Waals surface area contributed by atoms with Crippen LogP contribution in [0.3, 0.4) is 0 Å². The Morgan fingerprint density at radius 3 is 2.71 bits per heavy atom. The highest BCUT2D eigenvalue weighted by Gasteiger charge is 2.15. The Hall–Kier alpha value is -1.55. The summed E-state index contributed by atoms with van der Waals surface area (Å²) in [6.45, 7) is 4.01. The van der Waals surface area contributed by atoms with Crippen LogP contribution in [0.15, 0.2) is 22.7 Å². The average Bonchev–Trinajstić information content (AvgIpc) is 2.78. The van der Waals surface area contributed by atoms with Crippen LogP contribution < -0.4 is 4.74 Å². The topological polar surface area (TPSA) is 48.2 Å². The van der Waals surface area contributed by atoms with E-state index in [9.17, 15) is 0 Å². The number of rotatable bonds is 3. The third kappa shape index (κ3) is 2.42. The second-order valence-electron chi connectivity index (χ2n) is 3.96.